The van der Waals surface area contributed by atoms with Gasteiger partial charge in [-0.25, -0.2) is 4.98 Å². The van der Waals surface area contributed by atoms with Gasteiger partial charge in [0.2, 0.25) is 0 Å². The Balaban J connectivity index is 1.92. The van der Waals surface area contributed by atoms with Gasteiger partial charge in [0, 0.05) is 17.0 Å². The summed E-state index contributed by atoms with van der Waals surface area (Å²) in [6.07, 6.45) is 1.94. The van der Waals surface area contributed by atoms with E-state index in [0.29, 0.717) is 10.6 Å². The molecule has 0 radical (unpaired) electrons. The second-order valence-electron chi connectivity index (χ2n) is 5.06. The molecule has 11 heteroatoms. The fourth-order valence-electron chi connectivity index (χ4n) is 2.19. The first-order valence-electron chi connectivity index (χ1n) is 7.07. The highest BCUT2D eigenvalue weighted by atomic mass is 32.2. The molecule has 26 heavy (non-hydrogen) atoms. The first-order chi connectivity index (χ1) is 12.4. The van der Waals surface area contributed by atoms with Crippen LogP contribution < -0.4 is 5.32 Å². The number of nitro groups is 2. The first-order valence-corrected chi connectivity index (χ1v) is 9.11. The number of nitrogens with one attached hydrogen (secondary N) is 1. The third-order valence-electron chi connectivity index (χ3n) is 3.40. The van der Waals surface area contributed by atoms with Gasteiger partial charge < -0.3 is 0 Å². The van der Waals surface area contributed by atoms with Crippen molar-refractivity contribution in [3.8, 4) is 0 Å². The Morgan fingerprint density at radius 3 is 2.35 bits per heavy atom. The number of thioether (sulfide) groups is 1. The molecule has 3 rings (SSSR count). The molecule has 1 amide bonds. The zero-order valence-electron chi connectivity index (χ0n) is 13.2. The Labute approximate surface area is 154 Å². The number of hydrogen-bond donors (Lipinski definition) is 1. The van der Waals surface area contributed by atoms with E-state index in [9.17, 15) is 25.0 Å². The molecule has 0 aliphatic carbocycles. The third kappa shape index (κ3) is 3.63. The molecule has 0 fully saturated rings. The van der Waals surface area contributed by atoms with E-state index in [1.165, 1.54) is 11.3 Å². The molecular formula is C15H10N4O5S2. The summed E-state index contributed by atoms with van der Waals surface area (Å²) < 4.78 is 0.872. The van der Waals surface area contributed by atoms with Gasteiger partial charge in [-0.2, -0.15) is 0 Å². The smallest absolute Gasteiger partial charge is 0.277 e. The molecular weight excluding hydrogens is 380 g/mol. The highest BCUT2D eigenvalue weighted by Gasteiger charge is 2.20. The zero-order valence-corrected chi connectivity index (χ0v) is 14.8. The van der Waals surface area contributed by atoms with Crippen molar-refractivity contribution in [1.82, 2.24) is 4.98 Å². The van der Waals surface area contributed by atoms with Crippen molar-refractivity contribution in [2.75, 3.05) is 11.6 Å². The Morgan fingerprint density at radius 1 is 1.12 bits per heavy atom. The van der Waals surface area contributed by atoms with Crippen LogP contribution in [0.2, 0.25) is 0 Å². The lowest BCUT2D eigenvalue weighted by Gasteiger charge is -2.02. The van der Waals surface area contributed by atoms with Crippen molar-refractivity contribution in [2.45, 2.75) is 4.90 Å². The van der Waals surface area contributed by atoms with Crippen molar-refractivity contribution in [3.63, 3.8) is 0 Å². The minimum absolute atomic E-state index is 0.185. The number of benzene rings is 2. The molecule has 1 aromatic heterocycles. The molecule has 0 bridgehead atoms. The summed E-state index contributed by atoms with van der Waals surface area (Å²) in [5.41, 5.74) is -0.542. The van der Waals surface area contributed by atoms with Gasteiger partial charge in [-0.1, -0.05) is 11.3 Å². The van der Waals surface area contributed by atoms with E-state index in [1.54, 1.807) is 11.8 Å². The van der Waals surface area contributed by atoms with Crippen LogP contribution in [0.1, 0.15) is 10.4 Å². The summed E-state index contributed by atoms with van der Waals surface area (Å²) in [7, 11) is 0. The number of non-ortho nitro benzene ring substituents is 2. The Morgan fingerprint density at radius 2 is 1.77 bits per heavy atom. The minimum atomic E-state index is -0.786. The Kier molecular flexibility index (Phi) is 4.82. The maximum absolute atomic E-state index is 12.4. The zero-order chi connectivity index (χ0) is 18.8. The second-order valence-corrected chi connectivity index (χ2v) is 6.97. The van der Waals surface area contributed by atoms with E-state index < -0.39 is 27.1 Å². The van der Waals surface area contributed by atoms with E-state index >= 15 is 0 Å². The van der Waals surface area contributed by atoms with Crippen LogP contribution in [-0.4, -0.2) is 27.0 Å². The van der Waals surface area contributed by atoms with Crippen molar-refractivity contribution in [3.05, 3.63) is 62.2 Å². The SMILES string of the molecule is CSc1ccc2nc(NC(=O)c3cc([N+](=O)[O-])cc([N+](=O)[O-])c3)sc2c1. The average molecular weight is 390 g/mol. The number of fused-ring (bicyclic) bond motifs is 1. The summed E-state index contributed by atoms with van der Waals surface area (Å²) in [5.74, 6) is -0.707. The molecule has 0 saturated carbocycles. The van der Waals surface area contributed by atoms with Crippen LogP contribution in [0.3, 0.4) is 0 Å². The van der Waals surface area contributed by atoms with E-state index in [1.807, 2.05) is 24.5 Å². The van der Waals surface area contributed by atoms with Gasteiger partial charge in [0.05, 0.1) is 31.7 Å². The normalized spacial score (nSPS) is 10.7. The summed E-state index contributed by atoms with van der Waals surface area (Å²) in [4.78, 5) is 38.0. The molecule has 2 aromatic carbocycles. The van der Waals surface area contributed by atoms with Gasteiger partial charge >= 0.3 is 0 Å². The average Bonchev–Trinajstić information content (AvgIpc) is 3.02. The maximum Gasteiger partial charge on any atom is 0.277 e. The lowest BCUT2D eigenvalue weighted by Crippen LogP contribution is -2.12. The van der Waals surface area contributed by atoms with E-state index in [0.717, 1.165) is 27.8 Å². The van der Waals surface area contributed by atoms with Crippen LogP contribution in [0, 0.1) is 20.2 Å². The number of carbonyl (C=O) groups is 1. The number of amides is 1. The van der Waals surface area contributed by atoms with Crippen LogP contribution in [0.15, 0.2) is 41.3 Å². The van der Waals surface area contributed by atoms with Crippen LogP contribution in [-0.2, 0) is 0 Å². The number of nitro benzene ring substituents is 2. The Hall–Kier alpha value is -3.05. The summed E-state index contributed by atoms with van der Waals surface area (Å²) in [6.45, 7) is 0. The molecule has 1 N–H and O–H groups in total. The first kappa shape index (κ1) is 17.8. The minimum Gasteiger partial charge on any atom is -0.298 e. The molecule has 132 valence electrons. The number of hydrogen-bond acceptors (Lipinski definition) is 8. The summed E-state index contributed by atoms with van der Waals surface area (Å²) in [6, 6.07) is 8.45. The van der Waals surface area contributed by atoms with E-state index in [-0.39, 0.29) is 5.56 Å². The van der Waals surface area contributed by atoms with Gasteiger partial charge in [0.1, 0.15) is 0 Å². The summed E-state index contributed by atoms with van der Waals surface area (Å²) in [5, 5.41) is 24.7. The lowest BCUT2D eigenvalue weighted by molar-refractivity contribution is -0.394. The van der Waals surface area contributed by atoms with Crippen molar-refractivity contribution in [2.24, 2.45) is 0 Å². The standard InChI is InChI=1S/C15H10N4O5S2/c1-25-11-2-3-12-13(7-11)26-15(16-12)17-14(20)8-4-9(18(21)22)6-10(5-8)19(23)24/h2-7H,1H3,(H,16,17,20). The predicted molar refractivity (Wildman–Crippen MR) is 99.1 cm³/mol. The van der Waals surface area contributed by atoms with Gasteiger partial charge in [0.25, 0.3) is 17.3 Å². The number of anilines is 1. The fraction of sp³-hybridized carbons (Fsp3) is 0.0667. The highest BCUT2D eigenvalue weighted by Crippen LogP contribution is 2.30. The molecule has 0 unspecified atom stereocenters. The van der Waals surface area contributed by atoms with Crippen LogP contribution in [0.25, 0.3) is 10.2 Å². The number of aromatic nitrogens is 1. The second kappa shape index (κ2) is 7.06. The molecule has 0 atom stereocenters. The van der Waals surface area contributed by atoms with Crippen molar-refractivity contribution in [1.29, 1.82) is 0 Å². The molecule has 0 saturated heterocycles. The number of thiazole rings is 1. The van der Waals surface area contributed by atoms with Crippen LogP contribution in [0.4, 0.5) is 16.5 Å². The molecule has 3 aromatic rings. The molecule has 1 heterocycles. The molecule has 0 spiro atoms. The fourth-order valence-corrected chi connectivity index (χ4v) is 3.61. The summed E-state index contributed by atoms with van der Waals surface area (Å²) >= 11 is 2.82. The van der Waals surface area contributed by atoms with Crippen LogP contribution >= 0.6 is 23.1 Å². The number of carbonyl (C=O) groups excluding carboxylic acids is 1. The lowest BCUT2D eigenvalue weighted by atomic mass is 10.1. The van der Waals surface area contributed by atoms with Crippen molar-refractivity contribution >= 4 is 55.7 Å². The quantitative estimate of drug-likeness (QED) is 0.395. The topological polar surface area (TPSA) is 128 Å². The Bertz CT molecular complexity index is 1020. The van der Waals surface area contributed by atoms with Gasteiger partial charge in [-0.15, -0.1) is 11.8 Å². The largest absolute Gasteiger partial charge is 0.298 e. The molecule has 0 aliphatic heterocycles. The van der Waals surface area contributed by atoms with E-state index in [4.69, 9.17) is 0 Å². The molecule has 9 nitrogen and oxygen atoms in total. The third-order valence-corrected chi connectivity index (χ3v) is 5.06. The monoisotopic (exact) mass is 390 g/mol. The van der Waals surface area contributed by atoms with Crippen molar-refractivity contribution < 1.29 is 14.6 Å². The number of rotatable bonds is 5. The highest BCUT2D eigenvalue weighted by molar-refractivity contribution is 7.98. The van der Waals surface area contributed by atoms with Crippen LogP contribution in [0.5, 0.6) is 0 Å². The molecule has 0 aliphatic rings. The maximum atomic E-state index is 12.4. The van der Waals surface area contributed by atoms with Gasteiger partial charge in [0.15, 0.2) is 5.13 Å². The number of nitrogens with zero attached hydrogens (tertiary/aromatic N) is 3. The van der Waals surface area contributed by atoms with E-state index in [2.05, 4.69) is 10.3 Å². The predicted octanol–water partition coefficient (Wildman–Crippen LogP) is 4.09. The van der Waals surface area contributed by atoms with Gasteiger partial charge in [-0.05, 0) is 24.5 Å². The van der Waals surface area contributed by atoms with Gasteiger partial charge in [-0.3, -0.25) is 30.3 Å².